The molecule has 1 aliphatic heterocycles. The number of carbonyl (C=O) groups excluding carboxylic acids is 1. The topological polar surface area (TPSA) is 85.3 Å². The molecule has 1 aliphatic rings. The third-order valence-electron chi connectivity index (χ3n) is 4.02. The fourth-order valence-electron chi connectivity index (χ4n) is 2.73. The average Bonchev–Trinajstić information content (AvgIpc) is 2.64. The maximum atomic E-state index is 12.6. The van der Waals surface area contributed by atoms with Crippen LogP contribution < -0.4 is 4.74 Å². The zero-order valence-corrected chi connectivity index (χ0v) is 14.5. The molecule has 138 valence electrons. The third-order valence-corrected chi connectivity index (χ3v) is 4.02. The lowest BCUT2D eigenvalue weighted by Crippen LogP contribution is -2.41. The Balaban J connectivity index is 1.81. The molecule has 0 bridgehead atoms. The van der Waals surface area contributed by atoms with E-state index in [1.165, 1.54) is 0 Å². The van der Waals surface area contributed by atoms with Gasteiger partial charge in [0.2, 0.25) is 0 Å². The van der Waals surface area contributed by atoms with Crippen molar-refractivity contribution in [3.05, 3.63) is 29.8 Å². The molecule has 0 atom stereocenters. The SMILES string of the molecule is COCCCOC1CCN(C(=O)c2cccc(OCC(=O)O)c2)CC1. The number of hydrogen-bond donors (Lipinski definition) is 1. The van der Waals surface area contributed by atoms with Gasteiger partial charge in [-0.15, -0.1) is 0 Å². The van der Waals surface area contributed by atoms with Gasteiger partial charge in [0.1, 0.15) is 5.75 Å². The smallest absolute Gasteiger partial charge is 0.341 e. The highest BCUT2D eigenvalue weighted by atomic mass is 16.5. The van der Waals surface area contributed by atoms with Crippen LogP contribution in [0.15, 0.2) is 24.3 Å². The number of rotatable bonds is 9. The van der Waals surface area contributed by atoms with E-state index in [4.69, 9.17) is 19.3 Å². The molecule has 0 aromatic heterocycles. The van der Waals surface area contributed by atoms with Crippen LogP contribution in [0.5, 0.6) is 5.75 Å². The number of methoxy groups -OCH3 is 1. The van der Waals surface area contributed by atoms with Gasteiger partial charge in [-0.2, -0.15) is 0 Å². The fraction of sp³-hybridized carbons (Fsp3) is 0.556. The van der Waals surface area contributed by atoms with E-state index in [1.807, 2.05) is 0 Å². The third kappa shape index (κ3) is 6.36. The highest BCUT2D eigenvalue weighted by molar-refractivity contribution is 5.94. The second-order valence-corrected chi connectivity index (χ2v) is 5.92. The number of nitrogens with zero attached hydrogens (tertiary/aromatic N) is 1. The minimum Gasteiger partial charge on any atom is -0.482 e. The molecule has 0 aliphatic carbocycles. The van der Waals surface area contributed by atoms with E-state index in [0.29, 0.717) is 37.6 Å². The molecule has 1 aromatic rings. The Morgan fingerprint density at radius 2 is 2.00 bits per heavy atom. The van der Waals surface area contributed by atoms with Crippen LogP contribution in [0.3, 0.4) is 0 Å². The largest absolute Gasteiger partial charge is 0.482 e. The monoisotopic (exact) mass is 351 g/mol. The Hall–Kier alpha value is -2.12. The zero-order valence-electron chi connectivity index (χ0n) is 14.5. The fourth-order valence-corrected chi connectivity index (χ4v) is 2.73. The number of hydrogen-bond acceptors (Lipinski definition) is 5. The summed E-state index contributed by atoms with van der Waals surface area (Å²) in [5.74, 6) is -0.743. The summed E-state index contributed by atoms with van der Waals surface area (Å²) in [6.07, 6.45) is 2.69. The van der Waals surface area contributed by atoms with Crippen LogP contribution in [0.1, 0.15) is 29.6 Å². The van der Waals surface area contributed by atoms with Gasteiger partial charge in [-0.1, -0.05) is 6.07 Å². The molecule has 1 saturated heterocycles. The van der Waals surface area contributed by atoms with Gasteiger partial charge in [0, 0.05) is 39.0 Å². The molecule has 25 heavy (non-hydrogen) atoms. The molecular weight excluding hydrogens is 326 g/mol. The van der Waals surface area contributed by atoms with Crippen LogP contribution >= 0.6 is 0 Å². The summed E-state index contributed by atoms with van der Waals surface area (Å²) in [5, 5.41) is 8.65. The number of carboxylic acids is 1. The van der Waals surface area contributed by atoms with Crippen molar-refractivity contribution in [2.24, 2.45) is 0 Å². The van der Waals surface area contributed by atoms with Crippen LogP contribution in [0.4, 0.5) is 0 Å². The molecule has 1 amide bonds. The number of aliphatic carboxylic acids is 1. The Morgan fingerprint density at radius 3 is 2.68 bits per heavy atom. The van der Waals surface area contributed by atoms with Crippen LogP contribution in [0, 0.1) is 0 Å². The maximum absolute atomic E-state index is 12.6. The van der Waals surface area contributed by atoms with Crippen LogP contribution in [-0.4, -0.2) is 68.0 Å². The summed E-state index contributed by atoms with van der Waals surface area (Å²) in [6.45, 7) is 2.23. The van der Waals surface area contributed by atoms with Crippen LogP contribution in [-0.2, 0) is 14.3 Å². The number of carboxylic acid groups (broad SMARTS) is 1. The van der Waals surface area contributed by atoms with Gasteiger partial charge in [-0.25, -0.2) is 4.79 Å². The zero-order chi connectivity index (χ0) is 18.1. The molecule has 0 unspecified atom stereocenters. The molecule has 1 fully saturated rings. The Labute approximate surface area is 147 Å². The van der Waals surface area contributed by atoms with Gasteiger partial charge >= 0.3 is 5.97 Å². The molecule has 7 nitrogen and oxygen atoms in total. The minimum atomic E-state index is -1.05. The van der Waals surface area contributed by atoms with Gasteiger partial charge < -0.3 is 24.2 Å². The quantitative estimate of drug-likeness (QED) is 0.683. The van der Waals surface area contributed by atoms with E-state index < -0.39 is 12.6 Å². The second kappa shape index (κ2) is 10.0. The summed E-state index contributed by atoms with van der Waals surface area (Å²) in [7, 11) is 1.67. The molecule has 1 N–H and O–H groups in total. The number of amides is 1. The van der Waals surface area contributed by atoms with E-state index in [1.54, 1.807) is 36.3 Å². The first kappa shape index (κ1) is 19.2. The van der Waals surface area contributed by atoms with Gasteiger partial charge in [0.15, 0.2) is 6.61 Å². The van der Waals surface area contributed by atoms with E-state index in [2.05, 4.69) is 0 Å². The first-order valence-electron chi connectivity index (χ1n) is 8.44. The van der Waals surface area contributed by atoms with E-state index in [0.717, 1.165) is 19.3 Å². The predicted octanol–water partition coefficient (Wildman–Crippen LogP) is 1.81. The van der Waals surface area contributed by atoms with Crippen molar-refractivity contribution in [3.63, 3.8) is 0 Å². The molecule has 1 aromatic carbocycles. The normalized spacial score (nSPS) is 15.2. The number of ether oxygens (including phenoxy) is 3. The minimum absolute atomic E-state index is 0.0707. The number of piperidine rings is 1. The Morgan fingerprint density at radius 1 is 1.24 bits per heavy atom. The Bertz CT molecular complexity index is 568. The van der Waals surface area contributed by atoms with Crippen molar-refractivity contribution >= 4 is 11.9 Å². The van der Waals surface area contributed by atoms with Crippen molar-refractivity contribution in [2.45, 2.75) is 25.4 Å². The van der Waals surface area contributed by atoms with Crippen molar-refractivity contribution in [1.29, 1.82) is 0 Å². The molecule has 7 heteroatoms. The molecule has 0 spiro atoms. The highest BCUT2D eigenvalue weighted by Gasteiger charge is 2.24. The first-order valence-corrected chi connectivity index (χ1v) is 8.44. The number of benzene rings is 1. The average molecular weight is 351 g/mol. The van der Waals surface area contributed by atoms with Crippen molar-refractivity contribution in [1.82, 2.24) is 4.90 Å². The highest BCUT2D eigenvalue weighted by Crippen LogP contribution is 2.19. The predicted molar refractivity (Wildman–Crippen MR) is 90.9 cm³/mol. The lowest BCUT2D eigenvalue weighted by molar-refractivity contribution is -0.139. The molecular formula is C18H25NO6. The lowest BCUT2D eigenvalue weighted by Gasteiger charge is -2.32. The van der Waals surface area contributed by atoms with Gasteiger partial charge in [0.05, 0.1) is 6.10 Å². The second-order valence-electron chi connectivity index (χ2n) is 5.92. The van der Waals surface area contributed by atoms with Crippen molar-refractivity contribution in [3.8, 4) is 5.75 Å². The van der Waals surface area contributed by atoms with E-state index in [9.17, 15) is 9.59 Å². The number of carbonyl (C=O) groups is 2. The first-order chi connectivity index (χ1) is 12.1. The van der Waals surface area contributed by atoms with Gasteiger partial charge in [-0.3, -0.25) is 4.79 Å². The van der Waals surface area contributed by atoms with Crippen molar-refractivity contribution < 1.29 is 28.9 Å². The molecule has 0 radical (unpaired) electrons. The summed E-state index contributed by atoms with van der Waals surface area (Å²) >= 11 is 0. The maximum Gasteiger partial charge on any atom is 0.341 e. The lowest BCUT2D eigenvalue weighted by atomic mass is 10.1. The van der Waals surface area contributed by atoms with Gasteiger partial charge in [-0.05, 0) is 37.5 Å². The summed E-state index contributed by atoms with van der Waals surface area (Å²) in [4.78, 5) is 25.0. The molecule has 1 heterocycles. The van der Waals surface area contributed by atoms with Crippen LogP contribution in [0.25, 0.3) is 0 Å². The van der Waals surface area contributed by atoms with E-state index >= 15 is 0 Å². The van der Waals surface area contributed by atoms with Crippen molar-refractivity contribution in [2.75, 3.05) is 40.0 Å². The number of likely N-dealkylation sites (tertiary alicyclic amines) is 1. The Kier molecular flexibility index (Phi) is 7.69. The molecule has 0 saturated carbocycles. The van der Waals surface area contributed by atoms with Crippen LogP contribution in [0.2, 0.25) is 0 Å². The van der Waals surface area contributed by atoms with Gasteiger partial charge in [0.25, 0.3) is 5.91 Å². The van der Waals surface area contributed by atoms with E-state index in [-0.39, 0.29) is 12.0 Å². The summed E-state index contributed by atoms with van der Waals surface area (Å²) in [6, 6.07) is 6.62. The molecule has 2 rings (SSSR count). The summed E-state index contributed by atoms with van der Waals surface area (Å²) < 4.78 is 15.9. The standard InChI is InChI=1S/C18H25NO6/c1-23-10-3-11-24-15-6-8-19(9-7-15)18(22)14-4-2-5-16(12-14)25-13-17(20)21/h2,4-5,12,15H,3,6-11,13H2,1H3,(H,20,21). The summed E-state index contributed by atoms with van der Waals surface area (Å²) in [5.41, 5.74) is 0.502.